The zero-order valence-electron chi connectivity index (χ0n) is 57.8. The molecule has 13 rings (SSSR count). The molecule has 1 aliphatic rings. The van der Waals surface area contributed by atoms with Crippen molar-refractivity contribution in [2.75, 3.05) is 13.2 Å². The molecular formula is C84H86BClN8O3. The molecular weight excluding hydrogens is 1220 g/mol. The average molecular weight is 1300 g/mol. The summed E-state index contributed by atoms with van der Waals surface area (Å²) in [6.45, 7) is 29.2. The maximum atomic E-state index is 8.54. The van der Waals surface area contributed by atoms with E-state index in [-0.39, 0.29) is 21.7 Å². The number of halogens is 1. The van der Waals surface area contributed by atoms with Crippen LogP contribution in [0, 0.1) is 0 Å². The van der Waals surface area contributed by atoms with Crippen LogP contribution in [0.4, 0.5) is 0 Å². The fraction of sp³-hybridized carbons (Fsp3) is 0.238. The summed E-state index contributed by atoms with van der Waals surface area (Å²) in [5.74, 6) is 3.78. The molecule has 2 N–H and O–H groups in total. The van der Waals surface area contributed by atoms with E-state index in [1.165, 1.54) is 46.9 Å². The number of rotatable bonds is 10. The van der Waals surface area contributed by atoms with Gasteiger partial charge in [-0.3, -0.25) is 9.97 Å². The molecule has 1 fully saturated rings. The van der Waals surface area contributed by atoms with Crippen LogP contribution < -0.4 is 5.46 Å². The maximum Gasteiger partial charge on any atom is 0.490 e. The lowest BCUT2D eigenvalue weighted by atomic mass is 9.78. The van der Waals surface area contributed by atoms with Crippen LogP contribution in [-0.2, 0) is 26.4 Å². The zero-order valence-corrected chi connectivity index (χ0v) is 58.5. The largest absolute Gasteiger partial charge is 0.490 e. The van der Waals surface area contributed by atoms with Gasteiger partial charge in [-0.25, -0.2) is 29.9 Å². The van der Waals surface area contributed by atoms with Gasteiger partial charge in [0.2, 0.25) is 0 Å². The first-order valence-electron chi connectivity index (χ1n) is 33.1. The second-order valence-electron chi connectivity index (χ2n) is 28.4. The number of hydrogen-bond donors (Lipinski definition) is 2. The molecule has 5 heterocycles. The molecule has 0 radical (unpaired) electrons. The summed E-state index contributed by atoms with van der Waals surface area (Å²) in [4.78, 5) is 37.7. The molecule has 8 aromatic carbocycles. The van der Waals surface area contributed by atoms with E-state index in [1.54, 1.807) is 24.5 Å². The van der Waals surface area contributed by atoms with E-state index in [9.17, 15) is 0 Å². The molecule has 490 valence electrons. The van der Waals surface area contributed by atoms with Gasteiger partial charge in [-0.05, 0) is 133 Å². The Morgan fingerprint density at radius 2 is 0.588 bits per heavy atom. The van der Waals surface area contributed by atoms with Crippen LogP contribution in [0.15, 0.2) is 243 Å². The highest BCUT2D eigenvalue weighted by atomic mass is 35.5. The molecule has 97 heavy (non-hydrogen) atoms. The third kappa shape index (κ3) is 19.1. The van der Waals surface area contributed by atoms with E-state index in [2.05, 4.69) is 160 Å². The van der Waals surface area contributed by atoms with Crippen LogP contribution in [0.3, 0.4) is 0 Å². The van der Waals surface area contributed by atoms with E-state index in [1.807, 2.05) is 146 Å². The molecule has 0 saturated carbocycles. The lowest BCUT2D eigenvalue weighted by Gasteiger charge is -2.26. The first kappa shape index (κ1) is 70.1. The standard InChI is InChI=1S/C40H38N4.C35H34ClN3.C5H6BNO2.C4H8O/c1-39(2,3)34-23-32(24-35(25-34)40(4,5)6)31-20-30(29-18-13-19-41-26-29)21-33(22-31)38-43-36(27-14-9-7-10-15-27)42-37(44-38)28-16-11-8-12-17-28;1-34(2,3)28-18-26(19-29(22-28)35(4,5)6)25-17-27(21-30(36)20-25)33-38-31(23-13-9-7-10-14-23)37-32(39-33)24-15-11-8-12-16-24;8-6(9)5-2-1-3-7-4-5;1-2-4-5-3-1/h7-26H,1-6H3;7-22H,1-6H3;1-4,8-9H;1-4H2. The monoisotopic (exact) mass is 1300 g/mol. The van der Waals surface area contributed by atoms with Gasteiger partial charge in [0.25, 0.3) is 0 Å². The Labute approximate surface area is 578 Å². The normalized spacial score (nSPS) is 12.3. The number of hydrogen-bond acceptors (Lipinski definition) is 11. The van der Waals surface area contributed by atoms with Gasteiger partial charge in [0.1, 0.15) is 0 Å². The van der Waals surface area contributed by atoms with Gasteiger partial charge in [-0.15, -0.1) is 0 Å². The summed E-state index contributed by atoms with van der Waals surface area (Å²) in [5.41, 5.74) is 17.8. The highest BCUT2D eigenvalue weighted by molar-refractivity contribution is 6.58. The summed E-state index contributed by atoms with van der Waals surface area (Å²) < 4.78 is 4.94. The van der Waals surface area contributed by atoms with Crippen LogP contribution in [0.25, 0.3) is 102 Å². The molecule has 0 amide bonds. The van der Waals surface area contributed by atoms with Crippen molar-refractivity contribution in [3.05, 3.63) is 270 Å². The molecule has 0 spiro atoms. The van der Waals surface area contributed by atoms with Gasteiger partial charge < -0.3 is 14.8 Å². The van der Waals surface area contributed by atoms with Crippen molar-refractivity contribution in [1.82, 2.24) is 39.9 Å². The third-order valence-corrected chi connectivity index (χ3v) is 16.8. The topological polar surface area (TPSA) is 153 Å². The van der Waals surface area contributed by atoms with Crippen LogP contribution in [0.2, 0.25) is 5.02 Å². The Morgan fingerprint density at radius 3 is 0.876 bits per heavy atom. The Bertz CT molecular complexity index is 4370. The van der Waals surface area contributed by atoms with Gasteiger partial charge in [-0.2, -0.15) is 0 Å². The Morgan fingerprint density at radius 1 is 0.309 bits per heavy atom. The van der Waals surface area contributed by atoms with Crippen molar-refractivity contribution in [3.8, 4) is 102 Å². The van der Waals surface area contributed by atoms with E-state index < -0.39 is 7.12 Å². The number of pyridine rings is 2. The smallest absolute Gasteiger partial charge is 0.423 e. The van der Waals surface area contributed by atoms with Gasteiger partial charge in [-0.1, -0.05) is 265 Å². The summed E-state index contributed by atoms with van der Waals surface area (Å²) >= 11 is 6.75. The van der Waals surface area contributed by atoms with Crippen molar-refractivity contribution < 1.29 is 14.8 Å². The van der Waals surface area contributed by atoms with Gasteiger partial charge in [0, 0.05) is 87.4 Å². The van der Waals surface area contributed by atoms with Crippen molar-refractivity contribution in [2.45, 2.75) is 118 Å². The maximum absolute atomic E-state index is 8.54. The summed E-state index contributed by atoms with van der Waals surface area (Å²) in [6.07, 6.45) is 9.25. The number of nitrogens with zero attached hydrogens (tertiary/aromatic N) is 8. The van der Waals surface area contributed by atoms with Crippen molar-refractivity contribution in [1.29, 1.82) is 0 Å². The minimum absolute atomic E-state index is 0.00316. The predicted molar refractivity (Wildman–Crippen MR) is 400 cm³/mol. The second kappa shape index (κ2) is 31.0. The lowest BCUT2D eigenvalue weighted by Crippen LogP contribution is -2.29. The molecule has 13 heteroatoms. The number of benzene rings is 8. The molecule has 0 bridgehead atoms. The fourth-order valence-electron chi connectivity index (χ4n) is 10.7. The first-order valence-corrected chi connectivity index (χ1v) is 33.5. The Balaban J connectivity index is 0.000000176. The second-order valence-corrected chi connectivity index (χ2v) is 28.9. The van der Waals surface area contributed by atoms with Crippen LogP contribution >= 0.6 is 11.6 Å². The molecule has 0 aliphatic carbocycles. The molecule has 1 aliphatic heterocycles. The summed E-state index contributed by atoms with van der Waals surface area (Å²) in [6, 6.07) is 74.2. The van der Waals surface area contributed by atoms with E-state index in [4.69, 9.17) is 56.3 Å². The minimum atomic E-state index is -1.40. The van der Waals surface area contributed by atoms with Crippen molar-refractivity contribution in [3.63, 3.8) is 0 Å². The summed E-state index contributed by atoms with van der Waals surface area (Å²) in [5, 5.41) is 17.7. The van der Waals surface area contributed by atoms with E-state index in [0.29, 0.717) is 45.4 Å². The average Bonchev–Trinajstić information content (AvgIpc) is 0.966. The molecule has 0 atom stereocenters. The van der Waals surface area contributed by atoms with Gasteiger partial charge >= 0.3 is 7.12 Å². The van der Waals surface area contributed by atoms with E-state index in [0.717, 1.165) is 74.4 Å². The highest BCUT2D eigenvalue weighted by Crippen LogP contribution is 2.40. The Kier molecular flexibility index (Phi) is 22.4. The summed E-state index contributed by atoms with van der Waals surface area (Å²) in [7, 11) is -1.40. The predicted octanol–water partition coefficient (Wildman–Crippen LogP) is 19.5. The van der Waals surface area contributed by atoms with Crippen molar-refractivity contribution in [2.24, 2.45) is 0 Å². The lowest BCUT2D eigenvalue weighted by molar-refractivity contribution is 0.198. The SMILES string of the molecule is C1CCOC1.CC(C)(C)c1cc(-c2cc(-c3cccnc3)cc(-c3nc(-c4ccccc4)nc(-c4ccccc4)n3)c2)cc(C(C)(C)C)c1.CC(C)(C)c1cc(-c2cc(Cl)cc(-c3nc(-c4ccccc4)nc(-c4ccccc4)n3)c2)cc(C(C)(C)C)c1.OB(O)c1cccnc1. The van der Waals surface area contributed by atoms with E-state index >= 15 is 0 Å². The third-order valence-electron chi connectivity index (χ3n) is 16.5. The minimum Gasteiger partial charge on any atom is -0.423 e. The molecule has 0 unspecified atom stereocenters. The molecule has 11 nitrogen and oxygen atoms in total. The Hall–Kier alpha value is -9.69. The quantitative estimate of drug-likeness (QED) is 0.126. The number of aromatic nitrogens is 8. The molecule has 12 aromatic rings. The van der Waals surface area contributed by atoms with Crippen LogP contribution in [0.5, 0.6) is 0 Å². The molecule has 1 saturated heterocycles. The fourth-order valence-corrected chi connectivity index (χ4v) is 11.0. The first-order chi connectivity index (χ1) is 46.3. The van der Waals surface area contributed by atoms with Crippen LogP contribution in [-0.4, -0.2) is 70.3 Å². The highest BCUT2D eigenvalue weighted by Gasteiger charge is 2.25. The van der Waals surface area contributed by atoms with Crippen LogP contribution in [0.1, 0.15) is 118 Å². The van der Waals surface area contributed by atoms with Gasteiger partial charge in [0.15, 0.2) is 34.9 Å². The zero-order chi connectivity index (χ0) is 68.9. The van der Waals surface area contributed by atoms with Crippen molar-refractivity contribution >= 4 is 24.2 Å². The molecule has 4 aromatic heterocycles. The number of ether oxygens (including phenoxy) is 1. The van der Waals surface area contributed by atoms with Gasteiger partial charge in [0.05, 0.1) is 0 Å².